The van der Waals surface area contributed by atoms with Crippen molar-refractivity contribution < 1.29 is 15.3 Å². The highest BCUT2D eigenvalue weighted by molar-refractivity contribution is 5.41. The van der Waals surface area contributed by atoms with Gasteiger partial charge >= 0.3 is 0 Å². The molecule has 110 valence electrons. The third kappa shape index (κ3) is 2.97. The van der Waals surface area contributed by atoms with E-state index in [1.807, 2.05) is 18.2 Å². The van der Waals surface area contributed by atoms with Crippen molar-refractivity contribution in [1.82, 2.24) is 0 Å². The molecule has 1 aliphatic carbocycles. The lowest BCUT2D eigenvalue weighted by Crippen LogP contribution is -2.12. The molecule has 0 unspecified atom stereocenters. The van der Waals surface area contributed by atoms with Crippen molar-refractivity contribution in [3.8, 4) is 17.2 Å². The van der Waals surface area contributed by atoms with Crippen molar-refractivity contribution in [1.29, 1.82) is 0 Å². The van der Waals surface area contributed by atoms with E-state index in [1.165, 1.54) is 11.6 Å². The molecule has 21 heavy (non-hydrogen) atoms. The van der Waals surface area contributed by atoms with E-state index in [-0.39, 0.29) is 11.5 Å². The maximum Gasteiger partial charge on any atom is 0.122 e. The van der Waals surface area contributed by atoms with E-state index < -0.39 is 0 Å². The summed E-state index contributed by atoms with van der Waals surface area (Å²) < 4.78 is 0. The van der Waals surface area contributed by atoms with Gasteiger partial charge in [-0.2, -0.15) is 0 Å². The maximum atomic E-state index is 9.97. The van der Waals surface area contributed by atoms with Crippen LogP contribution in [-0.2, 0) is 0 Å². The third-order valence-corrected chi connectivity index (χ3v) is 4.55. The fraction of sp³-hybridized carbons (Fsp3) is 0.333. The van der Waals surface area contributed by atoms with E-state index in [9.17, 15) is 15.3 Å². The Morgan fingerprint density at radius 3 is 1.86 bits per heavy atom. The van der Waals surface area contributed by atoms with Crippen molar-refractivity contribution in [3.63, 3.8) is 0 Å². The number of benzene rings is 2. The molecule has 2 aromatic carbocycles. The predicted molar refractivity (Wildman–Crippen MR) is 81.8 cm³/mol. The lowest BCUT2D eigenvalue weighted by Gasteiger charge is -2.29. The Hall–Kier alpha value is -2.16. The zero-order valence-corrected chi connectivity index (χ0v) is 11.9. The molecule has 1 fully saturated rings. The number of phenolic OH excluding ortho intramolecular Hbond substituents is 3. The first kappa shape index (κ1) is 13.8. The molecule has 2 aromatic rings. The third-order valence-electron chi connectivity index (χ3n) is 4.55. The summed E-state index contributed by atoms with van der Waals surface area (Å²) in [6.45, 7) is 0. The van der Waals surface area contributed by atoms with E-state index >= 15 is 0 Å². The summed E-state index contributed by atoms with van der Waals surface area (Å²) in [6.07, 6.45) is 4.22. The molecule has 0 aliphatic heterocycles. The topological polar surface area (TPSA) is 60.7 Å². The molecular formula is C18H20O3. The van der Waals surface area contributed by atoms with Crippen LogP contribution in [0.5, 0.6) is 17.2 Å². The first-order valence-corrected chi connectivity index (χ1v) is 7.44. The lowest BCUT2D eigenvalue weighted by molar-refractivity contribution is 0.379. The zero-order valence-electron chi connectivity index (χ0n) is 11.9. The SMILES string of the molecule is Oc1ccc(C2CCC(c3ccc(O)cc3O)CC2)cc1. The van der Waals surface area contributed by atoms with Gasteiger partial charge in [0.15, 0.2) is 0 Å². The second-order valence-electron chi connectivity index (χ2n) is 5.88. The molecular weight excluding hydrogens is 264 g/mol. The Morgan fingerprint density at radius 2 is 1.24 bits per heavy atom. The minimum Gasteiger partial charge on any atom is -0.508 e. The molecule has 3 nitrogen and oxygen atoms in total. The molecule has 0 atom stereocenters. The van der Waals surface area contributed by atoms with Crippen LogP contribution in [0.4, 0.5) is 0 Å². The number of rotatable bonds is 2. The molecule has 1 saturated carbocycles. The smallest absolute Gasteiger partial charge is 0.122 e. The van der Waals surface area contributed by atoms with E-state index in [0.717, 1.165) is 31.2 Å². The number of phenols is 3. The average molecular weight is 284 g/mol. The highest BCUT2D eigenvalue weighted by atomic mass is 16.3. The van der Waals surface area contributed by atoms with Crippen LogP contribution in [0.2, 0.25) is 0 Å². The van der Waals surface area contributed by atoms with Crippen molar-refractivity contribution >= 4 is 0 Å². The first-order valence-electron chi connectivity index (χ1n) is 7.44. The van der Waals surface area contributed by atoms with E-state index in [1.54, 1.807) is 18.2 Å². The zero-order chi connectivity index (χ0) is 14.8. The number of aromatic hydroxyl groups is 3. The average Bonchev–Trinajstić information content (AvgIpc) is 2.48. The summed E-state index contributed by atoms with van der Waals surface area (Å²) in [5.74, 6) is 1.50. The van der Waals surface area contributed by atoms with Crippen LogP contribution in [0.15, 0.2) is 42.5 Å². The van der Waals surface area contributed by atoms with Gasteiger partial charge in [0.05, 0.1) is 0 Å². The van der Waals surface area contributed by atoms with Crippen LogP contribution in [-0.4, -0.2) is 15.3 Å². The Morgan fingerprint density at radius 1 is 0.667 bits per heavy atom. The standard InChI is InChI=1S/C18H20O3/c19-15-7-5-13(6-8-15)12-1-3-14(4-2-12)17-10-9-16(20)11-18(17)21/h5-12,14,19-21H,1-4H2. The van der Waals surface area contributed by atoms with Crippen LogP contribution in [0.1, 0.15) is 48.6 Å². The van der Waals surface area contributed by atoms with Crippen molar-refractivity contribution in [2.45, 2.75) is 37.5 Å². The van der Waals surface area contributed by atoms with Gasteiger partial charge in [-0.25, -0.2) is 0 Å². The largest absolute Gasteiger partial charge is 0.508 e. The quantitative estimate of drug-likeness (QED) is 0.772. The fourth-order valence-corrected chi connectivity index (χ4v) is 3.36. The Bertz CT molecular complexity index is 611. The normalized spacial score (nSPS) is 22.1. The summed E-state index contributed by atoms with van der Waals surface area (Å²) in [6, 6.07) is 12.4. The number of hydrogen-bond donors (Lipinski definition) is 3. The molecule has 0 saturated heterocycles. The molecule has 3 heteroatoms. The molecule has 0 bridgehead atoms. The van der Waals surface area contributed by atoms with Crippen LogP contribution in [0.25, 0.3) is 0 Å². The van der Waals surface area contributed by atoms with Gasteiger partial charge in [-0.1, -0.05) is 18.2 Å². The molecule has 1 aliphatic rings. The second-order valence-corrected chi connectivity index (χ2v) is 5.88. The summed E-state index contributed by atoms with van der Waals surface area (Å²) in [5.41, 5.74) is 2.22. The van der Waals surface area contributed by atoms with Gasteiger partial charge in [0.25, 0.3) is 0 Å². The van der Waals surface area contributed by atoms with Crippen LogP contribution in [0.3, 0.4) is 0 Å². The van der Waals surface area contributed by atoms with Gasteiger partial charge in [-0.05, 0) is 66.8 Å². The minimum atomic E-state index is 0.106. The molecule has 3 rings (SSSR count). The molecule has 0 amide bonds. The summed E-state index contributed by atoms with van der Waals surface area (Å²) in [7, 11) is 0. The monoisotopic (exact) mass is 284 g/mol. The predicted octanol–water partition coefficient (Wildman–Crippen LogP) is 4.24. The van der Waals surface area contributed by atoms with Gasteiger partial charge in [-0.15, -0.1) is 0 Å². The highest BCUT2D eigenvalue weighted by Crippen LogP contribution is 2.43. The minimum absolute atomic E-state index is 0.106. The fourth-order valence-electron chi connectivity index (χ4n) is 3.36. The highest BCUT2D eigenvalue weighted by Gasteiger charge is 2.25. The lowest BCUT2D eigenvalue weighted by atomic mass is 9.76. The van der Waals surface area contributed by atoms with Gasteiger partial charge < -0.3 is 15.3 Å². The maximum absolute atomic E-state index is 9.97. The second kappa shape index (κ2) is 5.68. The molecule has 0 radical (unpaired) electrons. The molecule has 3 N–H and O–H groups in total. The van der Waals surface area contributed by atoms with E-state index in [4.69, 9.17) is 0 Å². The number of hydrogen-bond acceptors (Lipinski definition) is 3. The van der Waals surface area contributed by atoms with Crippen LogP contribution >= 0.6 is 0 Å². The van der Waals surface area contributed by atoms with Crippen molar-refractivity contribution in [2.24, 2.45) is 0 Å². The van der Waals surface area contributed by atoms with Crippen molar-refractivity contribution in [3.05, 3.63) is 53.6 Å². The van der Waals surface area contributed by atoms with Crippen molar-refractivity contribution in [2.75, 3.05) is 0 Å². The molecule has 0 heterocycles. The van der Waals surface area contributed by atoms with Crippen LogP contribution < -0.4 is 0 Å². The van der Waals surface area contributed by atoms with Gasteiger partial charge in [-0.3, -0.25) is 0 Å². The van der Waals surface area contributed by atoms with E-state index in [2.05, 4.69) is 0 Å². The van der Waals surface area contributed by atoms with Crippen LogP contribution in [0, 0.1) is 0 Å². The van der Waals surface area contributed by atoms with E-state index in [0.29, 0.717) is 17.6 Å². The van der Waals surface area contributed by atoms with Gasteiger partial charge in [0.1, 0.15) is 17.2 Å². The summed E-state index contributed by atoms with van der Waals surface area (Å²) in [5, 5.41) is 28.7. The first-order chi connectivity index (χ1) is 10.1. The summed E-state index contributed by atoms with van der Waals surface area (Å²) in [4.78, 5) is 0. The Kier molecular flexibility index (Phi) is 3.74. The molecule has 0 aromatic heterocycles. The Labute approximate surface area is 124 Å². The van der Waals surface area contributed by atoms with Gasteiger partial charge in [0.2, 0.25) is 0 Å². The molecule has 0 spiro atoms. The summed E-state index contributed by atoms with van der Waals surface area (Å²) >= 11 is 0. The van der Waals surface area contributed by atoms with Gasteiger partial charge in [0, 0.05) is 6.07 Å². The Balaban J connectivity index is 1.68.